The fourth-order valence-corrected chi connectivity index (χ4v) is 2.64. The summed E-state index contributed by atoms with van der Waals surface area (Å²) in [4.78, 5) is 20.0. The Morgan fingerprint density at radius 3 is 2.83 bits per heavy atom. The Kier molecular flexibility index (Phi) is 3.20. The molecule has 0 fully saturated rings. The lowest BCUT2D eigenvalue weighted by Crippen LogP contribution is -2.17. The minimum Gasteiger partial charge on any atom is -0.349 e. The van der Waals surface area contributed by atoms with Crippen LogP contribution in [0.2, 0.25) is 5.02 Å². The predicted molar refractivity (Wildman–Crippen MR) is 92.3 cm³/mol. The van der Waals surface area contributed by atoms with E-state index >= 15 is 0 Å². The number of fused-ring (bicyclic) bond motifs is 3. The molecule has 0 aliphatic carbocycles. The first kappa shape index (κ1) is 13.7. The number of halogens is 1. The monoisotopic (exact) mass is 322 g/mol. The maximum atomic E-state index is 12.5. The molecule has 4 aromatic rings. The van der Waals surface area contributed by atoms with Crippen molar-refractivity contribution in [1.29, 1.82) is 0 Å². The van der Waals surface area contributed by atoms with Gasteiger partial charge in [0.25, 0.3) is 5.56 Å². The van der Waals surface area contributed by atoms with Crippen LogP contribution in [0.25, 0.3) is 21.9 Å². The lowest BCUT2D eigenvalue weighted by molar-refractivity contribution is 0.815. The van der Waals surface area contributed by atoms with Crippen LogP contribution in [0.3, 0.4) is 0 Å². The molecule has 0 atom stereocenters. The number of hydrogen-bond acceptors (Lipinski definition) is 3. The average molecular weight is 323 g/mol. The lowest BCUT2D eigenvalue weighted by Gasteiger charge is -1.97. The van der Waals surface area contributed by atoms with Gasteiger partial charge in [-0.15, -0.1) is 0 Å². The smallest absolute Gasteiger partial charge is 0.298 e. The van der Waals surface area contributed by atoms with E-state index in [1.165, 1.54) is 11.0 Å². The van der Waals surface area contributed by atoms with E-state index in [2.05, 4.69) is 15.1 Å². The maximum absolute atomic E-state index is 12.5. The topological polar surface area (TPSA) is 63.0 Å². The van der Waals surface area contributed by atoms with Gasteiger partial charge in [-0.25, -0.2) is 4.98 Å². The van der Waals surface area contributed by atoms with E-state index in [4.69, 9.17) is 11.6 Å². The van der Waals surface area contributed by atoms with Gasteiger partial charge < -0.3 is 4.98 Å². The molecule has 0 bridgehead atoms. The predicted octanol–water partition coefficient (Wildman–Crippen LogP) is 3.41. The van der Waals surface area contributed by atoms with E-state index in [0.29, 0.717) is 16.1 Å². The summed E-state index contributed by atoms with van der Waals surface area (Å²) in [6, 6.07) is 14.9. The summed E-state index contributed by atoms with van der Waals surface area (Å²) in [6.45, 7) is 0. The Morgan fingerprint density at radius 1 is 1.17 bits per heavy atom. The van der Waals surface area contributed by atoms with Gasteiger partial charge in [-0.1, -0.05) is 41.9 Å². The zero-order valence-electron chi connectivity index (χ0n) is 11.9. The minimum absolute atomic E-state index is 0.255. The number of benzene rings is 2. The summed E-state index contributed by atoms with van der Waals surface area (Å²) in [5.74, 6) is 0. The molecule has 2 heterocycles. The van der Waals surface area contributed by atoms with Gasteiger partial charge in [0.2, 0.25) is 0 Å². The number of aromatic amines is 1. The number of nitrogens with one attached hydrogen (secondary N) is 1. The van der Waals surface area contributed by atoms with Crippen molar-refractivity contribution in [1.82, 2.24) is 14.6 Å². The summed E-state index contributed by atoms with van der Waals surface area (Å²) in [6.07, 6.45) is 3.03. The van der Waals surface area contributed by atoms with Gasteiger partial charge >= 0.3 is 0 Å². The van der Waals surface area contributed by atoms with E-state index in [9.17, 15) is 4.79 Å². The van der Waals surface area contributed by atoms with Crippen molar-refractivity contribution < 1.29 is 0 Å². The number of nitrogens with zero attached hydrogens (tertiary/aromatic N) is 3. The van der Waals surface area contributed by atoms with Crippen LogP contribution in [0.15, 0.2) is 64.8 Å². The van der Waals surface area contributed by atoms with Crippen LogP contribution in [0, 0.1) is 0 Å². The molecule has 1 N–H and O–H groups in total. The molecular weight excluding hydrogens is 312 g/mol. The fraction of sp³-hybridized carbons (Fsp3) is 0. The zero-order chi connectivity index (χ0) is 15.8. The fourth-order valence-electron chi connectivity index (χ4n) is 2.47. The van der Waals surface area contributed by atoms with Crippen molar-refractivity contribution in [3.8, 4) is 0 Å². The molecule has 0 aliphatic rings. The molecule has 0 saturated carbocycles. The molecule has 2 aromatic heterocycles. The minimum atomic E-state index is -0.255. The largest absolute Gasteiger partial charge is 0.349 e. The number of hydrogen-bond donors (Lipinski definition) is 1. The molecule has 23 heavy (non-hydrogen) atoms. The second-order valence-electron chi connectivity index (χ2n) is 5.09. The first-order valence-electron chi connectivity index (χ1n) is 7.00. The van der Waals surface area contributed by atoms with Crippen molar-refractivity contribution in [3.63, 3.8) is 0 Å². The third-order valence-corrected chi connectivity index (χ3v) is 3.82. The van der Waals surface area contributed by atoms with Crippen LogP contribution in [-0.4, -0.2) is 20.9 Å². The zero-order valence-corrected chi connectivity index (χ0v) is 12.7. The van der Waals surface area contributed by atoms with Gasteiger partial charge in [0.1, 0.15) is 17.4 Å². The van der Waals surface area contributed by atoms with Crippen molar-refractivity contribution in [2.24, 2.45) is 5.10 Å². The van der Waals surface area contributed by atoms with Gasteiger partial charge in [0.15, 0.2) is 0 Å². The molecule has 0 radical (unpaired) electrons. The van der Waals surface area contributed by atoms with Crippen molar-refractivity contribution >= 4 is 39.8 Å². The molecule has 0 spiro atoms. The second-order valence-corrected chi connectivity index (χ2v) is 5.52. The molecule has 2 aromatic carbocycles. The summed E-state index contributed by atoms with van der Waals surface area (Å²) in [7, 11) is 0. The quantitative estimate of drug-likeness (QED) is 0.575. The Hall–Kier alpha value is -2.92. The third-order valence-electron chi connectivity index (χ3n) is 3.58. The number of rotatable bonds is 2. The number of aromatic nitrogens is 3. The molecule has 5 nitrogen and oxygen atoms in total. The highest BCUT2D eigenvalue weighted by Crippen LogP contribution is 2.24. The van der Waals surface area contributed by atoms with E-state index in [1.807, 2.05) is 36.4 Å². The van der Waals surface area contributed by atoms with Crippen LogP contribution in [0.4, 0.5) is 0 Å². The Balaban J connectivity index is 1.87. The van der Waals surface area contributed by atoms with Gasteiger partial charge in [-0.3, -0.25) is 4.79 Å². The number of H-pyrrole nitrogens is 1. The molecule has 112 valence electrons. The van der Waals surface area contributed by atoms with Gasteiger partial charge in [-0.2, -0.15) is 9.78 Å². The normalized spacial score (nSPS) is 11.7. The van der Waals surface area contributed by atoms with Crippen LogP contribution in [0.5, 0.6) is 0 Å². The first-order valence-corrected chi connectivity index (χ1v) is 7.38. The van der Waals surface area contributed by atoms with Crippen LogP contribution >= 0.6 is 11.6 Å². The average Bonchev–Trinajstić information content (AvgIpc) is 2.94. The summed E-state index contributed by atoms with van der Waals surface area (Å²) in [5.41, 5.74) is 2.48. The Bertz CT molecular complexity index is 1100. The highest BCUT2D eigenvalue weighted by molar-refractivity contribution is 6.31. The summed E-state index contributed by atoms with van der Waals surface area (Å²) in [5, 5.41) is 5.61. The Labute approximate surface area is 135 Å². The second kappa shape index (κ2) is 5.37. The van der Waals surface area contributed by atoms with Crippen LogP contribution in [-0.2, 0) is 0 Å². The van der Waals surface area contributed by atoms with Crippen LogP contribution < -0.4 is 5.56 Å². The molecular formula is C17H11ClN4O. The van der Waals surface area contributed by atoms with Crippen LogP contribution in [0.1, 0.15) is 5.56 Å². The van der Waals surface area contributed by atoms with Gasteiger partial charge in [-0.05, 0) is 23.8 Å². The highest BCUT2D eigenvalue weighted by Gasteiger charge is 2.10. The van der Waals surface area contributed by atoms with Gasteiger partial charge in [0, 0.05) is 15.9 Å². The van der Waals surface area contributed by atoms with Crippen molar-refractivity contribution in [2.75, 3.05) is 0 Å². The highest BCUT2D eigenvalue weighted by atomic mass is 35.5. The van der Waals surface area contributed by atoms with E-state index in [-0.39, 0.29) is 5.56 Å². The standard InChI is InChI=1S/C17H11ClN4O/c18-12-6-7-14-13(8-12)15-16(21-14)17(23)22(10-19-15)20-9-11-4-2-1-3-5-11/h1-10,21H/b20-9+. The lowest BCUT2D eigenvalue weighted by atomic mass is 10.2. The van der Waals surface area contributed by atoms with Crippen molar-refractivity contribution in [2.45, 2.75) is 0 Å². The van der Waals surface area contributed by atoms with E-state index in [0.717, 1.165) is 16.5 Å². The van der Waals surface area contributed by atoms with Gasteiger partial charge in [0.05, 0.1) is 6.21 Å². The summed E-state index contributed by atoms with van der Waals surface area (Å²) >= 11 is 6.02. The van der Waals surface area contributed by atoms with Crippen molar-refractivity contribution in [3.05, 3.63) is 75.8 Å². The van der Waals surface area contributed by atoms with E-state index in [1.54, 1.807) is 18.3 Å². The first-order chi connectivity index (χ1) is 11.2. The third kappa shape index (κ3) is 2.41. The molecule has 0 unspecified atom stereocenters. The Morgan fingerprint density at radius 2 is 2.00 bits per heavy atom. The molecule has 0 aliphatic heterocycles. The maximum Gasteiger partial charge on any atom is 0.298 e. The summed E-state index contributed by atoms with van der Waals surface area (Å²) < 4.78 is 1.21. The molecule has 0 amide bonds. The molecule has 0 saturated heterocycles. The molecule has 6 heteroatoms. The van der Waals surface area contributed by atoms with E-state index < -0.39 is 0 Å². The SMILES string of the molecule is O=c1c2[nH]c3ccc(Cl)cc3c2ncn1/N=C/c1ccccc1. The molecule has 4 rings (SSSR count).